The molecule has 0 amide bonds. The lowest BCUT2D eigenvalue weighted by Gasteiger charge is -2.32. The smallest absolute Gasteiger partial charge is 0.329 e. The molecule has 5 nitrogen and oxygen atoms in total. The van der Waals surface area contributed by atoms with Crippen molar-refractivity contribution < 1.29 is 9.90 Å². The zero-order chi connectivity index (χ0) is 13.5. The van der Waals surface area contributed by atoms with E-state index in [1.54, 1.807) is 6.92 Å². The molecule has 0 saturated carbocycles. The molecule has 3 rings (SSSR count). The molecule has 5 heteroatoms. The number of benzene rings is 1. The van der Waals surface area contributed by atoms with Gasteiger partial charge in [-0.15, -0.1) is 0 Å². The second kappa shape index (κ2) is 4.19. The van der Waals surface area contributed by atoms with E-state index in [1.807, 2.05) is 29.2 Å². The third kappa shape index (κ3) is 1.73. The van der Waals surface area contributed by atoms with Crippen molar-refractivity contribution in [3.8, 4) is 0 Å². The maximum Gasteiger partial charge on any atom is 0.329 e. The fraction of sp³-hybridized carbons (Fsp3) is 0.357. The van der Waals surface area contributed by atoms with Crippen LogP contribution in [-0.4, -0.2) is 33.1 Å². The summed E-state index contributed by atoms with van der Waals surface area (Å²) >= 11 is 0. The van der Waals surface area contributed by atoms with Gasteiger partial charge in [-0.05, 0) is 31.9 Å². The summed E-state index contributed by atoms with van der Waals surface area (Å²) in [6, 6.07) is 7.68. The van der Waals surface area contributed by atoms with E-state index in [0.717, 1.165) is 17.3 Å². The second-order valence-corrected chi connectivity index (χ2v) is 5.05. The first-order valence-electron chi connectivity index (χ1n) is 6.34. The highest BCUT2D eigenvalue weighted by atomic mass is 16.4. The standard InChI is InChI=1S/C14H15N3O2/c1-14(13(18)19)7-4-8-17(14)12-10-5-2-3-6-11(10)15-9-16-12/h2-3,5-6,9H,4,7-8H2,1H3,(H,18,19). The van der Waals surface area contributed by atoms with Crippen LogP contribution in [0.2, 0.25) is 0 Å². The lowest BCUT2D eigenvalue weighted by Crippen LogP contribution is -2.48. The van der Waals surface area contributed by atoms with Crippen molar-refractivity contribution in [3.63, 3.8) is 0 Å². The molecule has 1 fully saturated rings. The van der Waals surface area contributed by atoms with Crippen molar-refractivity contribution in [2.45, 2.75) is 25.3 Å². The number of fused-ring (bicyclic) bond motifs is 1. The van der Waals surface area contributed by atoms with Crippen molar-refractivity contribution in [1.82, 2.24) is 9.97 Å². The summed E-state index contributed by atoms with van der Waals surface area (Å²) in [4.78, 5) is 22.0. The first-order chi connectivity index (χ1) is 9.13. The van der Waals surface area contributed by atoms with E-state index in [2.05, 4.69) is 9.97 Å². The van der Waals surface area contributed by atoms with Crippen LogP contribution in [0.5, 0.6) is 0 Å². The Kier molecular flexibility index (Phi) is 2.62. The molecule has 0 bridgehead atoms. The van der Waals surface area contributed by atoms with Crippen LogP contribution in [0.3, 0.4) is 0 Å². The largest absolute Gasteiger partial charge is 0.480 e. The van der Waals surface area contributed by atoms with Gasteiger partial charge in [-0.1, -0.05) is 12.1 Å². The van der Waals surface area contributed by atoms with Crippen LogP contribution in [0.4, 0.5) is 5.82 Å². The van der Waals surface area contributed by atoms with Gasteiger partial charge < -0.3 is 10.0 Å². The Morgan fingerprint density at radius 2 is 2.16 bits per heavy atom. The minimum atomic E-state index is -0.878. The molecular formula is C14H15N3O2. The lowest BCUT2D eigenvalue weighted by molar-refractivity contribution is -0.142. The Bertz CT molecular complexity index is 638. The van der Waals surface area contributed by atoms with Crippen LogP contribution < -0.4 is 4.90 Å². The van der Waals surface area contributed by atoms with E-state index in [9.17, 15) is 9.90 Å². The number of para-hydroxylation sites is 1. The summed E-state index contributed by atoms with van der Waals surface area (Å²) in [5.41, 5.74) is -0.0379. The molecule has 0 radical (unpaired) electrons. The molecule has 1 aliphatic heterocycles. The van der Waals surface area contributed by atoms with Gasteiger partial charge in [0.1, 0.15) is 17.7 Å². The van der Waals surface area contributed by atoms with Crippen LogP contribution in [-0.2, 0) is 4.79 Å². The fourth-order valence-corrected chi connectivity index (χ4v) is 2.73. The first-order valence-corrected chi connectivity index (χ1v) is 6.34. The van der Waals surface area contributed by atoms with E-state index in [0.29, 0.717) is 18.8 Å². The SMILES string of the molecule is CC1(C(=O)O)CCCN1c1ncnc2ccccc12. The number of rotatable bonds is 2. The van der Waals surface area contributed by atoms with Crippen LogP contribution in [0.15, 0.2) is 30.6 Å². The zero-order valence-electron chi connectivity index (χ0n) is 10.7. The highest BCUT2D eigenvalue weighted by molar-refractivity contribution is 5.93. The number of aromatic nitrogens is 2. The van der Waals surface area contributed by atoms with Gasteiger partial charge in [-0.25, -0.2) is 14.8 Å². The summed E-state index contributed by atoms with van der Waals surface area (Å²) in [5.74, 6) is -0.0827. The van der Waals surface area contributed by atoms with Gasteiger partial charge in [0, 0.05) is 11.9 Å². The van der Waals surface area contributed by atoms with Crippen molar-refractivity contribution in [3.05, 3.63) is 30.6 Å². The van der Waals surface area contributed by atoms with Gasteiger partial charge >= 0.3 is 5.97 Å². The van der Waals surface area contributed by atoms with Crippen molar-refractivity contribution in [2.75, 3.05) is 11.4 Å². The molecule has 0 aliphatic carbocycles. The van der Waals surface area contributed by atoms with Crippen molar-refractivity contribution >= 4 is 22.7 Å². The lowest BCUT2D eigenvalue weighted by atomic mass is 9.99. The van der Waals surface area contributed by atoms with E-state index in [1.165, 1.54) is 6.33 Å². The summed E-state index contributed by atoms with van der Waals surface area (Å²) in [6.07, 6.45) is 3.00. The number of carbonyl (C=O) groups is 1. The molecule has 98 valence electrons. The number of anilines is 1. The molecule has 1 aliphatic rings. The van der Waals surface area contributed by atoms with Crippen LogP contribution in [0.1, 0.15) is 19.8 Å². The number of carboxylic acid groups (broad SMARTS) is 1. The molecule has 1 N–H and O–H groups in total. The molecule has 2 heterocycles. The predicted octanol–water partition coefficient (Wildman–Crippen LogP) is 2.07. The molecule has 0 spiro atoms. The molecule has 1 unspecified atom stereocenters. The maximum absolute atomic E-state index is 11.6. The van der Waals surface area contributed by atoms with Crippen molar-refractivity contribution in [1.29, 1.82) is 0 Å². The van der Waals surface area contributed by atoms with Gasteiger partial charge in [0.05, 0.1) is 5.52 Å². The van der Waals surface area contributed by atoms with Crippen LogP contribution in [0.25, 0.3) is 10.9 Å². The average molecular weight is 257 g/mol. The molecule has 1 aromatic carbocycles. The van der Waals surface area contributed by atoms with Gasteiger partial charge in [-0.3, -0.25) is 0 Å². The number of nitrogens with zero attached hydrogens (tertiary/aromatic N) is 3. The number of hydrogen-bond donors (Lipinski definition) is 1. The Balaban J connectivity index is 2.17. The quantitative estimate of drug-likeness (QED) is 0.892. The van der Waals surface area contributed by atoms with Gasteiger partial charge in [0.2, 0.25) is 0 Å². The van der Waals surface area contributed by atoms with E-state index in [4.69, 9.17) is 0 Å². The fourth-order valence-electron chi connectivity index (χ4n) is 2.73. The normalized spacial score (nSPS) is 22.9. The van der Waals surface area contributed by atoms with Gasteiger partial charge in [-0.2, -0.15) is 0 Å². The number of hydrogen-bond acceptors (Lipinski definition) is 4. The first kappa shape index (κ1) is 11.9. The zero-order valence-corrected chi connectivity index (χ0v) is 10.7. The monoisotopic (exact) mass is 257 g/mol. The summed E-state index contributed by atoms with van der Waals surface area (Å²) in [5, 5.41) is 10.4. The van der Waals surface area contributed by atoms with Crippen LogP contribution in [0, 0.1) is 0 Å². The maximum atomic E-state index is 11.6. The third-order valence-corrected chi connectivity index (χ3v) is 3.88. The highest BCUT2D eigenvalue weighted by Gasteiger charge is 2.44. The van der Waals surface area contributed by atoms with Crippen molar-refractivity contribution in [2.24, 2.45) is 0 Å². The minimum Gasteiger partial charge on any atom is -0.480 e. The Morgan fingerprint density at radius 1 is 1.37 bits per heavy atom. The topological polar surface area (TPSA) is 66.3 Å². The second-order valence-electron chi connectivity index (χ2n) is 5.05. The number of carboxylic acids is 1. The Morgan fingerprint density at radius 3 is 2.95 bits per heavy atom. The summed E-state index contributed by atoms with van der Waals surface area (Å²) in [6.45, 7) is 2.48. The predicted molar refractivity (Wildman–Crippen MR) is 72.2 cm³/mol. The van der Waals surface area contributed by atoms with Gasteiger partial charge in [0.25, 0.3) is 0 Å². The Labute approximate surface area is 110 Å². The van der Waals surface area contributed by atoms with Crippen LogP contribution >= 0.6 is 0 Å². The average Bonchev–Trinajstić information content (AvgIpc) is 2.81. The molecule has 2 aromatic rings. The van der Waals surface area contributed by atoms with E-state index < -0.39 is 11.5 Å². The molecule has 1 aromatic heterocycles. The third-order valence-electron chi connectivity index (χ3n) is 3.88. The van der Waals surface area contributed by atoms with Gasteiger partial charge in [0.15, 0.2) is 0 Å². The molecule has 1 saturated heterocycles. The summed E-state index contributed by atoms with van der Waals surface area (Å²) in [7, 11) is 0. The Hall–Kier alpha value is -2.17. The highest BCUT2D eigenvalue weighted by Crippen LogP contribution is 2.36. The number of aliphatic carboxylic acids is 1. The molecular weight excluding hydrogens is 242 g/mol. The molecule has 1 atom stereocenters. The van der Waals surface area contributed by atoms with E-state index >= 15 is 0 Å². The minimum absolute atomic E-state index is 0.640. The molecule has 19 heavy (non-hydrogen) atoms. The van der Waals surface area contributed by atoms with E-state index in [-0.39, 0.29) is 0 Å². The summed E-state index contributed by atoms with van der Waals surface area (Å²) < 4.78 is 0.